The third kappa shape index (κ3) is 2.63. The van der Waals surface area contributed by atoms with Crippen LogP contribution in [0, 0.1) is 0 Å². The highest BCUT2D eigenvalue weighted by atomic mass is 16.3. The first-order valence-electron chi connectivity index (χ1n) is 4.81. The van der Waals surface area contributed by atoms with Gasteiger partial charge in [-0.1, -0.05) is 0 Å². The largest absolute Gasteiger partial charge is 0.469 e. The van der Waals surface area contributed by atoms with E-state index in [1.165, 1.54) is 6.33 Å². The SMILES string of the molecule is OC(CCc1ccco1)c1cncnc1. The molecule has 78 valence electrons. The molecular weight excluding hydrogens is 192 g/mol. The second-order valence-electron chi connectivity index (χ2n) is 3.31. The molecule has 2 aromatic rings. The van der Waals surface area contributed by atoms with Gasteiger partial charge in [0.15, 0.2) is 0 Å². The summed E-state index contributed by atoms with van der Waals surface area (Å²) in [6.07, 6.45) is 7.12. The van der Waals surface area contributed by atoms with Crippen LogP contribution in [-0.2, 0) is 6.42 Å². The molecule has 0 spiro atoms. The van der Waals surface area contributed by atoms with E-state index in [9.17, 15) is 5.11 Å². The van der Waals surface area contributed by atoms with Gasteiger partial charge in [0.05, 0.1) is 12.4 Å². The molecule has 0 fully saturated rings. The van der Waals surface area contributed by atoms with E-state index in [0.717, 1.165) is 11.3 Å². The van der Waals surface area contributed by atoms with Crippen molar-refractivity contribution in [3.8, 4) is 0 Å². The third-order valence-corrected chi connectivity index (χ3v) is 2.21. The fourth-order valence-corrected chi connectivity index (χ4v) is 1.38. The third-order valence-electron chi connectivity index (χ3n) is 2.21. The summed E-state index contributed by atoms with van der Waals surface area (Å²) in [6.45, 7) is 0. The van der Waals surface area contributed by atoms with Gasteiger partial charge in [-0.15, -0.1) is 0 Å². The Morgan fingerprint density at radius 3 is 2.80 bits per heavy atom. The summed E-state index contributed by atoms with van der Waals surface area (Å²) in [7, 11) is 0. The molecular formula is C11H12N2O2. The molecule has 0 aliphatic carbocycles. The minimum atomic E-state index is -0.531. The zero-order valence-electron chi connectivity index (χ0n) is 8.21. The molecule has 2 aromatic heterocycles. The molecule has 0 aromatic carbocycles. The van der Waals surface area contributed by atoms with E-state index in [2.05, 4.69) is 9.97 Å². The highest BCUT2D eigenvalue weighted by Gasteiger charge is 2.08. The van der Waals surface area contributed by atoms with Crippen molar-refractivity contribution in [3.63, 3.8) is 0 Å². The lowest BCUT2D eigenvalue weighted by Crippen LogP contribution is -2.00. The van der Waals surface area contributed by atoms with Crippen molar-refractivity contribution in [1.29, 1.82) is 0 Å². The van der Waals surface area contributed by atoms with E-state index in [1.54, 1.807) is 18.7 Å². The first-order valence-corrected chi connectivity index (χ1v) is 4.81. The molecule has 0 amide bonds. The highest BCUT2D eigenvalue weighted by Crippen LogP contribution is 2.17. The van der Waals surface area contributed by atoms with Gasteiger partial charge in [-0.25, -0.2) is 9.97 Å². The topological polar surface area (TPSA) is 59.2 Å². The van der Waals surface area contributed by atoms with Crippen molar-refractivity contribution < 1.29 is 9.52 Å². The van der Waals surface area contributed by atoms with Crippen LogP contribution in [0.3, 0.4) is 0 Å². The Morgan fingerprint density at radius 1 is 1.33 bits per heavy atom. The van der Waals surface area contributed by atoms with E-state index in [1.807, 2.05) is 12.1 Å². The van der Waals surface area contributed by atoms with Crippen LogP contribution in [-0.4, -0.2) is 15.1 Å². The molecule has 2 rings (SSSR count). The zero-order chi connectivity index (χ0) is 10.5. The van der Waals surface area contributed by atoms with Gasteiger partial charge in [-0.2, -0.15) is 0 Å². The van der Waals surface area contributed by atoms with Gasteiger partial charge in [0, 0.05) is 24.4 Å². The first-order chi connectivity index (χ1) is 7.36. The van der Waals surface area contributed by atoms with E-state index in [-0.39, 0.29) is 0 Å². The summed E-state index contributed by atoms with van der Waals surface area (Å²) in [5.74, 6) is 0.880. The fraction of sp³-hybridized carbons (Fsp3) is 0.273. The maximum Gasteiger partial charge on any atom is 0.115 e. The Balaban J connectivity index is 1.90. The molecule has 4 nitrogen and oxygen atoms in total. The van der Waals surface area contributed by atoms with Crippen LogP contribution < -0.4 is 0 Å². The Hall–Kier alpha value is -1.68. The number of furan rings is 1. The first kappa shape index (κ1) is 9.86. The minimum Gasteiger partial charge on any atom is -0.469 e. The highest BCUT2D eigenvalue weighted by molar-refractivity contribution is 5.07. The van der Waals surface area contributed by atoms with Crippen LogP contribution in [0.15, 0.2) is 41.5 Å². The number of aromatic nitrogens is 2. The fourth-order valence-electron chi connectivity index (χ4n) is 1.38. The number of hydrogen-bond donors (Lipinski definition) is 1. The smallest absolute Gasteiger partial charge is 0.115 e. The van der Waals surface area contributed by atoms with Gasteiger partial charge in [0.25, 0.3) is 0 Å². The lowest BCUT2D eigenvalue weighted by atomic mass is 10.1. The maximum absolute atomic E-state index is 9.80. The Morgan fingerprint density at radius 2 is 2.13 bits per heavy atom. The van der Waals surface area contributed by atoms with Gasteiger partial charge in [-0.05, 0) is 18.6 Å². The monoisotopic (exact) mass is 204 g/mol. The van der Waals surface area contributed by atoms with Crippen molar-refractivity contribution in [1.82, 2.24) is 9.97 Å². The average molecular weight is 204 g/mol. The second-order valence-corrected chi connectivity index (χ2v) is 3.31. The Kier molecular flexibility index (Phi) is 3.09. The second kappa shape index (κ2) is 4.70. The summed E-state index contributed by atoms with van der Waals surface area (Å²) in [6, 6.07) is 3.74. The molecule has 0 aliphatic rings. The van der Waals surface area contributed by atoms with Crippen LogP contribution >= 0.6 is 0 Å². The molecule has 1 N–H and O–H groups in total. The van der Waals surface area contributed by atoms with Gasteiger partial charge < -0.3 is 9.52 Å². The van der Waals surface area contributed by atoms with Gasteiger partial charge in [-0.3, -0.25) is 0 Å². The van der Waals surface area contributed by atoms with Gasteiger partial charge in [0.1, 0.15) is 12.1 Å². The molecule has 1 unspecified atom stereocenters. The molecule has 0 saturated carbocycles. The van der Waals surface area contributed by atoms with Crippen molar-refractivity contribution in [2.24, 2.45) is 0 Å². The summed E-state index contributed by atoms with van der Waals surface area (Å²) >= 11 is 0. The summed E-state index contributed by atoms with van der Waals surface area (Å²) in [4.78, 5) is 7.71. The number of aliphatic hydroxyl groups is 1. The predicted molar refractivity (Wildman–Crippen MR) is 54.0 cm³/mol. The van der Waals surface area contributed by atoms with E-state index < -0.39 is 6.10 Å². The minimum absolute atomic E-state index is 0.531. The van der Waals surface area contributed by atoms with Crippen LogP contribution in [0.1, 0.15) is 23.8 Å². The van der Waals surface area contributed by atoms with Crippen molar-refractivity contribution in [2.45, 2.75) is 18.9 Å². The number of aryl methyl sites for hydroxylation is 1. The number of rotatable bonds is 4. The lowest BCUT2D eigenvalue weighted by molar-refractivity contribution is 0.164. The summed E-state index contributed by atoms with van der Waals surface area (Å²) in [5.41, 5.74) is 0.740. The van der Waals surface area contributed by atoms with Crippen LogP contribution in [0.25, 0.3) is 0 Å². The maximum atomic E-state index is 9.80. The van der Waals surface area contributed by atoms with E-state index in [4.69, 9.17) is 4.42 Å². The van der Waals surface area contributed by atoms with Crippen molar-refractivity contribution >= 4 is 0 Å². The molecule has 0 saturated heterocycles. The molecule has 0 radical (unpaired) electrons. The molecule has 0 bridgehead atoms. The number of hydrogen-bond acceptors (Lipinski definition) is 4. The number of nitrogens with zero attached hydrogens (tertiary/aromatic N) is 2. The van der Waals surface area contributed by atoms with E-state index in [0.29, 0.717) is 12.8 Å². The van der Waals surface area contributed by atoms with Crippen LogP contribution in [0.5, 0.6) is 0 Å². The standard InChI is InChI=1S/C11H12N2O2/c14-11(9-6-12-8-13-7-9)4-3-10-2-1-5-15-10/h1-2,5-8,11,14H,3-4H2. The van der Waals surface area contributed by atoms with Crippen LogP contribution in [0.2, 0.25) is 0 Å². The normalized spacial score (nSPS) is 12.6. The van der Waals surface area contributed by atoms with Crippen molar-refractivity contribution in [3.05, 3.63) is 48.4 Å². The Bertz CT molecular complexity index is 386. The summed E-state index contributed by atoms with van der Waals surface area (Å²) in [5, 5.41) is 9.80. The number of aliphatic hydroxyl groups excluding tert-OH is 1. The Labute approximate surface area is 87.6 Å². The van der Waals surface area contributed by atoms with Gasteiger partial charge >= 0.3 is 0 Å². The summed E-state index contributed by atoms with van der Waals surface area (Å²) < 4.78 is 5.18. The van der Waals surface area contributed by atoms with Crippen LogP contribution in [0.4, 0.5) is 0 Å². The van der Waals surface area contributed by atoms with Crippen molar-refractivity contribution in [2.75, 3.05) is 0 Å². The lowest BCUT2D eigenvalue weighted by Gasteiger charge is -2.08. The zero-order valence-corrected chi connectivity index (χ0v) is 8.21. The molecule has 1 atom stereocenters. The molecule has 0 aliphatic heterocycles. The molecule has 2 heterocycles. The molecule has 4 heteroatoms. The van der Waals surface area contributed by atoms with E-state index >= 15 is 0 Å². The van der Waals surface area contributed by atoms with Gasteiger partial charge in [0.2, 0.25) is 0 Å². The predicted octanol–water partition coefficient (Wildman–Crippen LogP) is 1.74. The quantitative estimate of drug-likeness (QED) is 0.824. The molecule has 15 heavy (non-hydrogen) atoms. The average Bonchev–Trinajstić information content (AvgIpc) is 2.80.